The maximum atomic E-state index is 14.8. The number of halogens is 1. The highest BCUT2D eigenvalue weighted by Gasteiger charge is 2.22. The standard InChI is InChI=1S/C20H25FN6O3/c21-16-13-15(1-2-17(16)25-7-5-14(22)6-8-25)23-20-18(27(28)29)3-4-19(24-20)26-9-11-30-12-10-26/h1-4,13-14H,5-12,22H2,(H,23,24). The van der Waals surface area contributed by atoms with Crippen LogP contribution in [0.15, 0.2) is 30.3 Å². The molecule has 0 spiro atoms. The van der Waals surface area contributed by atoms with Crippen LogP contribution in [0.3, 0.4) is 0 Å². The summed E-state index contributed by atoms with van der Waals surface area (Å²) in [4.78, 5) is 19.4. The monoisotopic (exact) mass is 416 g/mol. The number of morpholine rings is 1. The smallest absolute Gasteiger partial charge is 0.311 e. The van der Waals surface area contributed by atoms with Gasteiger partial charge < -0.3 is 25.6 Å². The lowest BCUT2D eigenvalue weighted by atomic mass is 10.1. The average molecular weight is 416 g/mol. The summed E-state index contributed by atoms with van der Waals surface area (Å²) in [5, 5.41) is 14.4. The van der Waals surface area contributed by atoms with Crippen LogP contribution in [0.1, 0.15) is 12.8 Å². The fraction of sp³-hybridized carbons (Fsp3) is 0.450. The Morgan fingerprint density at radius 2 is 1.87 bits per heavy atom. The van der Waals surface area contributed by atoms with Crippen molar-refractivity contribution in [2.24, 2.45) is 5.73 Å². The van der Waals surface area contributed by atoms with Crippen LogP contribution >= 0.6 is 0 Å². The minimum Gasteiger partial charge on any atom is -0.378 e. The van der Waals surface area contributed by atoms with Crippen molar-refractivity contribution in [2.75, 3.05) is 54.5 Å². The molecule has 2 saturated heterocycles. The number of anilines is 4. The van der Waals surface area contributed by atoms with Crippen molar-refractivity contribution in [2.45, 2.75) is 18.9 Å². The van der Waals surface area contributed by atoms with Crippen molar-refractivity contribution in [1.29, 1.82) is 0 Å². The third-order valence-corrected chi connectivity index (χ3v) is 5.48. The molecule has 0 unspecified atom stereocenters. The average Bonchev–Trinajstić information content (AvgIpc) is 2.75. The molecule has 0 amide bonds. The molecule has 0 radical (unpaired) electrons. The highest BCUT2D eigenvalue weighted by molar-refractivity contribution is 5.69. The largest absolute Gasteiger partial charge is 0.378 e. The van der Waals surface area contributed by atoms with Crippen LogP contribution in [0.25, 0.3) is 0 Å². The van der Waals surface area contributed by atoms with E-state index in [-0.39, 0.29) is 23.4 Å². The molecule has 0 saturated carbocycles. The van der Waals surface area contributed by atoms with E-state index in [4.69, 9.17) is 10.5 Å². The SMILES string of the molecule is NC1CCN(c2ccc(Nc3nc(N4CCOCC4)ccc3[N+](=O)[O-])cc2F)CC1. The topological polar surface area (TPSA) is 110 Å². The first-order chi connectivity index (χ1) is 14.5. The van der Waals surface area contributed by atoms with Gasteiger partial charge in [0.25, 0.3) is 0 Å². The summed E-state index contributed by atoms with van der Waals surface area (Å²) in [6, 6.07) is 7.94. The molecule has 160 valence electrons. The van der Waals surface area contributed by atoms with E-state index in [9.17, 15) is 14.5 Å². The highest BCUT2D eigenvalue weighted by atomic mass is 19.1. The van der Waals surface area contributed by atoms with Crippen LogP contribution < -0.4 is 20.9 Å². The number of rotatable bonds is 5. The number of aromatic nitrogens is 1. The van der Waals surface area contributed by atoms with Gasteiger partial charge in [0, 0.05) is 44.0 Å². The van der Waals surface area contributed by atoms with Crippen molar-refractivity contribution >= 4 is 28.7 Å². The van der Waals surface area contributed by atoms with Crippen molar-refractivity contribution in [3.63, 3.8) is 0 Å². The molecule has 0 atom stereocenters. The summed E-state index contributed by atoms with van der Waals surface area (Å²) in [6.45, 7) is 3.89. The van der Waals surface area contributed by atoms with Gasteiger partial charge in [-0.05, 0) is 37.1 Å². The molecule has 4 rings (SSSR count). The van der Waals surface area contributed by atoms with Gasteiger partial charge in [-0.2, -0.15) is 0 Å². The third-order valence-electron chi connectivity index (χ3n) is 5.48. The molecule has 2 fully saturated rings. The molecular weight excluding hydrogens is 391 g/mol. The molecule has 30 heavy (non-hydrogen) atoms. The van der Waals surface area contributed by atoms with Gasteiger partial charge in [-0.1, -0.05) is 0 Å². The maximum absolute atomic E-state index is 14.8. The van der Waals surface area contributed by atoms with Crippen LogP contribution in [-0.4, -0.2) is 55.3 Å². The summed E-state index contributed by atoms with van der Waals surface area (Å²) < 4.78 is 20.1. The lowest BCUT2D eigenvalue weighted by Gasteiger charge is -2.32. The molecule has 2 aliphatic heterocycles. The van der Waals surface area contributed by atoms with E-state index >= 15 is 0 Å². The highest BCUT2D eigenvalue weighted by Crippen LogP contribution is 2.31. The molecule has 2 aromatic rings. The minimum absolute atomic E-state index is 0.0834. The first-order valence-electron chi connectivity index (χ1n) is 10.1. The van der Waals surface area contributed by atoms with Gasteiger partial charge in [0.1, 0.15) is 11.6 Å². The Kier molecular flexibility index (Phi) is 5.96. The molecular formula is C20H25FN6O3. The molecule has 3 N–H and O–H groups in total. The van der Waals surface area contributed by atoms with E-state index in [0.29, 0.717) is 56.6 Å². The van der Waals surface area contributed by atoms with E-state index in [0.717, 1.165) is 12.8 Å². The van der Waals surface area contributed by atoms with Gasteiger partial charge in [-0.25, -0.2) is 9.37 Å². The lowest BCUT2D eigenvalue weighted by Crippen LogP contribution is -2.40. The van der Waals surface area contributed by atoms with Crippen LogP contribution in [0, 0.1) is 15.9 Å². The number of piperidine rings is 1. The van der Waals surface area contributed by atoms with E-state index < -0.39 is 4.92 Å². The normalized spacial score (nSPS) is 17.8. The van der Waals surface area contributed by atoms with E-state index in [2.05, 4.69) is 10.3 Å². The molecule has 1 aromatic carbocycles. The van der Waals surface area contributed by atoms with Gasteiger partial charge in [0.15, 0.2) is 0 Å². The summed E-state index contributed by atoms with van der Waals surface area (Å²) in [7, 11) is 0. The van der Waals surface area contributed by atoms with Crippen molar-refractivity contribution in [3.05, 3.63) is 46.3 Å². The Labute approximate surface area is 173 Å². The second-order valence-corrected chi connectivity index (χ2v) is 7.51. The van der Waals surface area contributed by atoms with Gasteiger partial charge in [0.2, 0.25) is 5.82 Å². The van der Waals surface area contributed by atoms with E-state index in [1.165, 1.54) is 12.1 Å². The number of nitrogens with zero attached hydrogens (tertiary/aromatic N) is 4. The molecule has 1 aromatic heterocycles. The second-order valence-electron chi connectivity index (χ2n) is 7.51. The summed E-state index contributed by atoms with van der Waals surface area (Å²) >= 11 is 0. The second kappa shape index (κ2) is 8.80. The number of nitrogens with two attached hydrogens (primary N) is 1. The molecule has 10 heteroatoms. The third kappa shape index (κ3) is 4.44. The minimum atomic E-state index is -0.500. The zero-order chi connectivity index (χ0) is 21.1. The quantitative estimate of drug-likeness (QED) is 0.565. The maximum Gasteiger partial charge on any atom is 0.311 e. The Hall–Kier alpha value is -2.98. The van der Waals surface area contributed by atoms with Crippen LogP contribution in [-0.2, 0) is 4.74 Å². The number of nitro groups is 1. The van der Waals surface area contributed by atoms with Crippen LogP contribution in [0.2, 0.25) is 0 Å². The van der Waals surface area contributed by atoms with E-state index in [1.807, 2.05) is 9.80 Å². The Balaban J connectivity index is 1.56. The Morgan fingerprint density at radius 1 is 1.13 bits per heavy atom. The fourth-order valence-corrected chi connectivity index (χ4v) is 3.77. The number of ether oxygens (including phenoxy) is 1. The van der Waals surface area contributed by atoms with Crippen molar-refractivity contribution < 1.29 is 14.1 Å². The molecule has 0 bridgehead atoms. The molecule has 9 nitrogen and oxygen atoms in total. The lowest BCUT2D eigenvalue weighted by molar-refractivity contribution is -0.384. The number of pyridine rings is 1. The summed E-state index contributed by atoms with van der Waals surface area (Å²) in [5.74, 6) is 0.315. The zero-order valence-electron chi connectivity index (χ0n) is 16.6. The van der Waals surface area contributed by atoms with Crippen LogP contribution in [0.5, 0.6) is 0 Å². The Morgan fingerprint density at radius 3 is 2.53 bits per heavy atom. The summed E-state index contributed by atoms with van der Waals surface area (Å²) in [6.07, 6.45) is 1.65. The predicted octanol–water partition coefficient (Wildman–Crippen LogP) is 2.64. The Bertz CT molecular complexity index is 913. The van der Waals surface area contributed by atoms with Gasteiger partial charge >= 0.3 is 5.69 Å². The van der Waals surface area contributed by atoms with Gasteiger partial charge in [0.05, 0.1) is 23.8 Å². The van der Waals surface area contributed by atoms with Crippen molar-refractivity contribution in [3.8, 4) is 0 Å². The number of hydrogen-bond donors (Lipinski definition) is 2. The molecule has 0 aliphatic carbocycles. The number of nitrogens with one attached hydrogen (secondary N) is 1. The first-order valence-corrected chi connectivity index (χ1v) is 10.1. The molecule has 3 heterocycles. The van der Waals surface area contributed by atoms with Crippen molar-refractivity contribution in [1.82, 2.24) is 4.98 Å². The predicted molar refractivity (Wildman–Crippen MR) is 113 cm³/mol. The number of benzene rings is 1. The first kappa shape index (κ1) is 20.3. The fourth-order valence-electron chi connectivity index (χ4n) is 3.77. The zero-order valence-corrected chi connectivity index (χ0v) is 16.6. The number of hydrogen-bond acceptors (Lipinski definition) is 8. The van der Waals surface area contributed by atoms with Crippen LogP contribution in [0.4, 0.5) is 33.1 Å². The molecule has 2 aliphatic rings. The van der Waals surface area contributed by atoms with Gasteiger partial charge in [-0.3, -0.25) is 10.1 Å². The summed E-state index contributed by atoms with van der Waals surface area (Å²) in [5.41, 5.74) is 6.67. The van der Waals surface area contributed by atoms with Gasteiger partial charge in [-0.15, -0.1) is 0 Å². The van der Waals surface area contributed by atoms with E-state index in [1.54, 1.807) is 18.2 Å².